The Morgan fingerprint density at radius 2 is 2.07 bits per heavy atom. The molecule has 0 atom stereocenters. The summed E-state index contributed by atoms with van der Waals surface area (Å²) in [5.74, 6) is 0. The van der Waals surface area contributed by atoms with E-state index in [1.165, 1.54) is 0 Å². The zero-order valence-corrected chi connectivity index (χ0v) is 8.21. The van der Waals surface area contributed by atoms with Crippen molar-refractivity contribution in [2.24, 2.45) is 5.11 Å². The molecular weight excluding hydrogens is 206 g/mol. The van der Waals surface area contributed by atoms with Gasteiger partial charge in [0, 0.05) is 0 Å². The molecule has 0 spiro atoms. The summed E-state index contributed by atoms with van der Waals surface area (Å²) in [5.41, 5.74) is 9.63. The van der Waals surface area contributed by atoms with Crippen molar-refractivity contribution in [2.75, 3.05) is 11.7 Å². The third-order valence-corrected chi connectivity index (χ3v) is 1.71. The second-order valence-corrected chi connectivity index (χ2v) is 4.09. The number of para-hydroxylation sites is 2. The summed E-state index contributed by atoms with van der Waals surface area (Å²) >= 11 is 0. The van der Waals surface area contributed by atoms with Gasteiger partial charge in [-0.1, -0.05) is 12.1 Å². The Labute approximate surface area is 81.5 Å². The molecule has 0 fully saturated rings. The van der Waals surface area contributed by atoms with E-state index in [2.05, 4.69) is 14.9 Å². The van der Waals surface area contributed by atoms with Gasteiger partial charge in [-0.15, -0.1) is 0 Å². The van der Waals surface area contributed by atoms with Crippen LogP contribution in [0.1, 0.15) is 0 Å². The highest BCUT2D eigenvalue weighted by Crippen LogP contribution is 2.23. The van der Waals surface area contributed by atoms with Crippen molar-refractivity contribution in [3.8, 4) is 0 Å². The van der Waals surface area contributed by atoms with Gasteiger partial charge in [-0.05, 0) is 12.1 Å². The fourth-order valence-electron chi connectivity index (χ4n) is 0.778. The first-order chi connectivity index (χ1) is 6.53. The number of hydrogen-bond donors (Lipinski definition) is 2. The number of rotatable bonds is 4. The van der Waals surface area contributed by atoms with Gasteiger partial charge in [0.1, 0.15) is 5.69 Å². The van der Waals surface area contributed by atoms with Crippen LogP contribution in [0.3, 0.4) is 0 Å². The summed E-state index contributed by atoms with van der Waals surface area (Å²) in [4.78, 5) is 0. The van der Waals surface area contributed by atoms with E-state index in [0.717, 1.165) is 6.26 Å². The van der Waals surface area contributed by atoms with Crippen LogP contribution in [0.25, 0.3) is 0 Å². The van der Waals surface area contributed by atoms with Crippen molar-refractivity contribution in [3.05, 3.63) is 24.3 Å². The first-order valence-corrected chi connectivity index (χ1v) is 5.45. The lowest BCUT2D eigenvalue weighted by Gasteiger charge is -2.05. The van der Waals surface area contributed by atoms with Crippen molar-refractivity contribution in [1.82, 2.24) is 0 Å². The predicted molar refractivity (Wildman–Crippen MR) is 50.8 cm³/mol. The molecule has 14 heavy (non-hydrogen) atoms. The van der Waals surface area contributed by atoms with Gasteiger partial charge in [-0.2, -0.15) is 17.8 Å². The Morgan fingerprint density at radius 3 is 2.64 bits per heavy atom. The molecule has 0 aliphatic heterocycles. The van der Waals surface area contributed by atoms with E-state index in [9.17, 15) is 8.42 Å². The lowest BCUT2D eigenvalue weighted by Crippen LogP contribution is -2.08. The Bertz CT molecular complexity index is 430. The van der Waals surface area contributed by atoms with E-state index < -0.39 is 10.1 Å². The average molecular weight is 215 g/mol. The van der Waals surface area contributed by atoms with Crippen LogP contribution >= 0.6 is 0 Å². The molecule has 0 saturated heterocycles. The summed E-state index contributed by atoms with van der Waals surface area (Å²) in [5, 5.41) is 3.18. The zero-order valence-electron chi connectivity index (χ0n) is 7.39. The molecular formula is C7H9N3O3S. The van der Waals surface area contributed by atoms with E-state index in [0.29, 0.717) is 11.4 Å². The third-order valence-electron chi connectivity index (χ3n) is 1.33. The Morgan fingerprint density at radius 1 is 1.43 bits per heavy atom. The summed E-state index contributed by atoms with van der Waals surface area (Å²) < 4.78 is 25.6. The predicted octanol–water partition coefficient (Wildman–Crippen LogP) is 1.65. The molecule has 0 aromatic heterocycles. The Balaban J connectivity index is 2.81. The maximum absolute atomic E-state index is 10.6. The fraction of sp³-hybridized carbons (Fsp3) is 0.143. The molecule has 1 aromatic rings. The highest BCUT2D eigenvalue weighted by Gasteiger charge is 2.04. The van der Waals surface area contributed by atoms with Crippen LogP contribution in [-0.2, 0) is 14.4 Å². The van der Waals surface area contributed by atoms with Crippen LogP contribution in [-0.4, -0.2) is 14.7 Å². The quantitative estimate of drug-likeness (QED) is 0.590. The molecule has 7 heteroatoms. The van der Waals surface area contributed by atoms with Crippen LogP contribution < -0.4 is 5.48 Å². The number of nitrogens with zero attached hydrogens (tertiary/aromatic N) is 1. The van der Waals surface area contributed by atoms with E-state index in [1.807, 2.05) is 0 Å². The van der Waals surface area contributed by atoms with Gasteiger partial charge in [0.15, 0.2) is 0 Å². The van der Waals surface area contributed by atoms with Crippen LogP contribution in [0.5, 0.6) is 0 Å². The van der Waals surface area contributed by atoms with Gasteiger partial charge in [0.05, 0.1) is 11.9 Å². The molecule has 76 valence electrons. The van der Waals surface area contributed by atoms with Crippen molar-refractivity contribution in [2.45, 2.75) is 0 Å². The molecule has 6 nitrogen and oxygen atoms in total. The van der Waals surface area contributed by atoms with Gasteiger partial charge in [-0.25, -0.2) is 11.0 Å². The SMILES string of the molecule is CS(=O)(=O)ONc1ccccc1N=N. The fourth-order valence-corrected chi connectivity index (χ4v) is 1.02. The minimum atomic E-state index is -3.56. The lowest BCUT2D eigenvalue weighted by molar-refractivity contribution is 0.396. The van der Waals surface area contributed by atoms with Crippen LogP contribution in [0.4, 0.5) is 11.4 Å². The van der Waals surface area contributed by atoms with E-state index >= 15 is 0 Å². The Kier molecular flexibility index (Phi) is 3.15. The van der Waals surface area contributed by atoms with Crippen LogP contribution in [0, 0.1) is 5.53 Å². The van der Waals surface area contributed by atoms with Crippen LogP contribution in [0.2, 0.25) is 0 Å². The van der Waals surface area contributed by atoms with Gasteiger partial charge >= 0.3 is 0 Å². The van der Waals surface area contributed by atoms with Gasteiger partial charge < -0.3 is 0 Å². The summed E-state index contributed by atoms with van der Waals surface area (Å²) in [6, 6.07) is 6.46. The Hall–Kier alpha value is -1.47. The van der Waals surface area contributed by atoms with E-state index in [-0.39, 0.29) is 0 Å². The van der Waals surface area contributed by atoms with Crippen molar-refractivity contribution >= 4 is 21.5 Å². The molecule has 0 radical (unpaired) electrons. The molecule has 0 amide bonds. The number of benzene rings is 1. The minimum absolute atomic E-state index is 0.302. The number of anilines is 1. The largest absolute Gasteiger partial charge is 0.284 e. The van der Waals surface area contributed by atoms with E-state index in [1.54, 1.807) is 24.3 Å². The second-order valence-electron chi connectivity index (χ2n) is 2.52. The summed E-state index contributed by atoms with van der Waals surface area (Å²) in [6.07, 6.45) is 0.917. The molecule has 0 unspecified atom stereocenters. The van der Waals surface area contributed by atoms with Gasteiger partial charge in [0.25, 0.3) is 10.1 Å². The zero-order chi connectivity index (χ0) is 10.6. The first kappa shape index (κ1) is 10.6. The van der Waals surface area contributed by atoms with Gasteiger partial charge in [0.2, 0.25) is 0 Å². The highest BCUT2D eigenvalue weighted by molar-refractivity contribution is 7.86. The topological polar surface area (TPSA) is 91.6 Å². The molecule has 1 rings (SSSR count). The third kappa shape index (κ3) is 3.11. The molecule has 0 bridgehead atoms. The van der Waals surface area contributed by atoms with Crippen LogP contribution in [0.15, 0.2) is 29.4 Å². The summed E-state index contributed by atoms with van der Waals surface area (Å²) in [6.45, 7) is 0. The lowest BCUT2D eigenvalue weighted by atomic mass is 10.3. The van der Waals surface area contributed by atoms with Crippen molar-refractivity contribution in [3.63, 3.8) is 0 Å². The molecule has 0 aliphatic rings. The smallest absolute Gasteiger partial charge is 0.247 e. The molecule has 0 saturated carbocycles. The average Bonchev–Trinajstić information content (AvgIpc) is 2.14. The first-order valence-electron chi connectivity index (χ1n) is 3.64. The van der Waals surface area contributed by atoms with Crippen molar-refractivity contribution in [1.29, 1.82) is 5.53 Å². The monoisotopic (exact) mass is 215 g/mol. The van der Waals surface area contributed by atoms with Gasteiger partial charge in [-0.3, -0.25) is 0 Å². The summed E-state index contributed by atoms with van der Waals surface area (Å²) in [7, 11) is -3.56. The maximum Gasteiger partial charge on any atom is 0.284 e. The minimum Gasteiger partial charge on any atom is -0.247 e. The van der Waals surface area contributed by atoms with Crippen molar-refractivity contribution < 1.29 is 12.7 Å². The molecule has 0 heterocycles. The standard InChI is InChI=1S/C7H9N3O3S/c1-14(11,12)13-10-7-5-3-2-4-6(7)9-8/h2-5,8,10H,1H3. The number of hydrogen-bond acceptors (Lipinski definition) is 6. The molecule has 2 N–H and O–H groups in total. The molecule has 1 aromatic carbocycles. The highest BCUT2D eigenvalue weighted by atomic mass is 32.2. The normalized spacial score (nSPS) is 10.9. The maximum atomic E-state index is 10.6. The van der Waals surface area contributed by atoms with E-state index in [4.69, 9.17) is 5.53 Å². The second kappa shape index (κ2) is 4.16. The molecule has 0 aliphatic carbocycles. The number of nitrogens with one attached hydrogen (secondary N) is 2.